The number of nitrogens with two attached hydrogens (primary N) is 1. The third-order valence-corrected chi connectivity index (χ3v) is 3.63. The van der Waals surface area contributed by atoms with Gasteiger partial charge in [0.25, 0.3) is 0 Å². The van der Waals surface area contributed by atoms with Gasteiger partial charge in [0.1, 0.15) is 0 Å². The Hall–Kier alpha value is -1.77. The number of anilines is 2. The number of nitrogen functional groups attached to an aromatic ring is 1. The van der Waals surface area contributed by atoms with Gasteiger partial charge >= 0.3 is 0 Å². The van der Waals surface area contributed by atoms with Crippen LogP contribution in [0.1, 0.15) is 25.7 Å². The predicted octanol–water partition coefficient (Wildman–Crippen LogP) is 3.42. The van der Waals surface area contributed by atoms with Gasteiger partial charge in [-0.3, -0.25) is 4.98 Å². The highest BCUT2D eigenvalue weighted by atomic mass is 14.9. The van der Waals surface area contributed by atoms with Gasteiger partial charge in [0.05, 0.1) is 16.9 Å². The van der Waals surface area contributed by atoms with Crippen LogP contribution < -0.4 is 11.1 Å². The van der Waals surface area contributed by atoms with E-state index in [0.717, 1.165) is 34.7 Å². The van der Waals surface area contributed by atoms with Crippen molar-refractivity contribution in [3.8, 4) is 0 Å². The number of hydrogen-bond acceptors (Lipinski definition) is 3. The highest BCUT2D eigenvalue weighted by Crippen LogP contribution is 2.33. The first kappa shape index (κ1) is 11.3. The second-order valence-electron chi connectivity index (χ2n) is 5.11. The molecule has 1 heterocycles. The molecule has 0 saturated heterocycles. The van der Waals surface area contributed by atoms with Crippen molar-refractivity contribution >= 4 is 22.3 Å². The molecule has 0 amide bonds. The minimum atomic E-state index is 0.812. The van der Waals surface area contributed by atoms with Crippen molar-refractivity contribution < 1.29 is 0 Å². The van der Waals surface area contributed by atoms with Crippen LogP contribution in [0.2, 0.25) is 0 Å². The third-order valence-electron chi connectivity index (χ3n) is 3.63. The van der Waals surface area contributed by atoms with Crippen molar-refractivity contribution in [2.45, 2.75) is 25.7 Å². The maximum Gasteiger partial charge on any atom is 0.0724 e. The van der Waals surface area contributed by atoms with E-state index in [0.29, 0.717) is 0 Å². The molecule has 0 aliphatic heterocycles. The third kappa shape index (κ3) is 2.40. The summed E-state index contributed by atoms with van der Waals surface area (Å²) in [5, 5.41) is 4.47. The van der Waals surface area contributed by atoms with Crippen LogP contribution in [-0.4, -0.2) is 11.5 Å². The standard InChI is InChI=1S/C15H19N3/c16-15-12-4-2-10-17-13(12)7-8-14(15)18-9-1-3-11-5-6-11/h2,4,7-8,10-11,18H,1,3,5-6,9,16H2. The van der Waals surface area contributed by atoms with E-state index in [9.17, 15) is 0 Å². The van der Waals surface area contributed by atoms with Gasteiger partial charge in [-0.1, -0.05) is 12.8 Å². The minimum absolute atomic E-state index is 0.812. The zero-order chi connectivity index (χ0) is 12.4. The molecule has 0 spiro atoms. The van der Waals surface area contributed by atoms with Gasteiger partial charge in [0, 0.05) is 18.1 Å². The monoisotopic (exact) mass is 241 g/mol. The summed E-state index contributed by atoms with van der Waals surface area (Å²) in [7, 11) is 0. The van der Waals surface area contributed by atoms with Crippen LogP contribution in [0.3, 0.4) is 0 Å². The summed E-state index contributed by atoms with van der Waals surface area (Å²) in [4.78, 5) is 4.30. The van der Waals surface area contributed by atoms with Crippen LogP contribution in [0.25, 0.3) is 10.9 Å². The molecule has 1 aliphatic rings. The molecule has 2 aromatic rings. The molecule has 1 saturated carbocycles. The van der Waals surface area contributed by atoms with E-state index in [-0.39, 0.29) is 0 Å². The molecule has 3 heteroatoms. The quantitative estimate of drug-likeness (QED) is 0.623. The Bertz CT molecular complexity index is 546. The maximum atomic E-state index is 6.17. The fourth-order valence-electron chi connectivity index (χ4n) is 2.35. The van der Waals surface area contributed by atoms with Gasteiger partial charge in [0.15, 0.2) is 0 Å². The normalized spacial score (nSPS) is 14.9. The smallest absolute Gasteiger partial charge is 0.0724 e. The average molecular weight is 241 g/mol. The highest BCUT2D eigenvalue weighted by molar-refractivity contribution is 5.96. The van der Waals surface area contributed by atoms with E-state index < -0.39 is 0 Å². The van der Waals surface area contributed by atoms with Gasteiger partial charge in [0.2, 0.25) is 0 Å². The largest absolute Gasteiger partial charge is 0.397 e. The fourth-order valence-corrected chi connectivity index (χ4v) is 2.35. The molecule has 18 heavy (non-hydrogen) atoms. The van der Waals surface area contributed by atoms with Crippen LogP contribution >= 0.6 is 0 Å². The molecule has 3 N–H and O–H groups in total. The van der Waals surface area contributed by atoms with Crippen molar-refractivity contribution in [1.82, 2.24) is 4.98 Å². The summed E-state index contributed by atoms with van der Waals surface area (Å²) in [6.45, 7) is 1.01. The molecular formula is C15H19N3. The molecule has 0 unspecified atom stereocenters. The summed E-state index contributed by atoms with van der Waals surface area (Å²) in [6, 6.07) is 8.00. The zero-order valence-corrected chi connectivity index (χ0v) is 10.5. The summed E-state index contributed by atoms with van der Waals surface area (Å²) in [5.41, 5.74) is 8.97. The van der Waals surface area contributed by atoms with Crippen LogP contribution in [0.5, 0.6) is 0 Å². The Morgan fingerprint density at radius 2 is 2.17 bits per heavy atom. The van der Waals surface area contributed by atoms with E-state index in [1.807, 2.05) is 24.3 Å². The first-order chi connectivity index (χ1) is 8.84. The summed E-state index contributed by atoms with van der Waals surface area (Å²) >= 11 is 0. The lowest BCUT2D eigenvalue weighted by Crippen LogP contribution is -2.05. The number of benzene rings is 1. The molecule has 0 bridgehead atoms. The van der Waals surface area contributed by atoms with Crippen LogP contribution in [0.15, 0.2) is 30.5 Å². The maximum absolute atomic E-state index is 6.17. The van der Waals surface area contributed by atoms with Crippen molar-refractivity contribution in [3.63, 3.8) is 0 Å². The lowest BCUT2D eigenvalue weighted by atomic mass is 10.1. The first-order valence-electron chi connectivity index (χ1n) is 6.71. The van der Waals surface area contributed by atoms with Gasteiger partial charge in [-0.05, 0) is 43.0 Å². The number of hydrogen-bond donors (Lipinski definition) is 2. The van der Waals surface area contributed by atoms with Crippen molar-refractivity contribution in [2.75, 3.05) is 17.6 Å². The molecule has 3 nitrogen and oxygen atoms in total. The Morgan fingerprint density at radius 3 is 3.00 bits per heavy atom. The fraction of sp³-hybridized carbons (Fsp3) is 0.400. The second kappa shape index (κ2) is 4.84. The topological polar surface area (TPSA) is 50.9 Å². The molecule has 3 rings (SSSR count). The Kier molecular flexibility index (Phi) is 3.05. The highest BCUT2D eigenvalue weighted by Gasteiger charge is 2.19. The number of nitrogens with zero attached hydrogens (tertiary/aromatic N) is 1. The van der Waals surface area contributed by atoms with Gasteiger partial charge in [-0.2, -0.15) is 0 Å². The number of aromatic nitrogens is 1. The molecule has 1 aliphatic carbocycles. The number of nitrogens with one attached hydrogen (secondary N) is 1. The van der Waals surface area contributed by atoms with Crippen molar-refractivity contribution in [3.05, 3.63) is 30.5 Å². The average Bonchev–Trinajstić information content (AvgIpc) is 3.21. The molecule has 94 valence electrons. The minimum Gasteiger partial charge on any atom is -0.397 e. The van der Waals surface area contributed by atoms with Crippen molar-refractivity contribution in [1.29, 1.82) is 0 Å². The summed E-state index contributed by atoms with van der Waals surface area (Å²) in [5.74, 6) is 1.00. The van der Waals surface area contributed by atoms with Crippen LogP contribution in [-0.2, 0) is 0 Å². The number of pyridine rings is 1. The van der Waals surface area contributed by atoms with Crippen LogP contribution in [0.4, 0.5) is 11.4 Å². The number of fused-ring (bicyclic) bond motifs is 1. The molecule has 1 fully saturated rings. The Labute approximate surface area is 107 Å². The van der Waals surface area contributed by atoms with E-state index in [1.54, 1.807) is 6.20 Å². The second-order valence-corrected chi connectivity index (χ2v) is 5.11. The summed E-state index contributed by atoms with van der Waals surface area (Å²) in [6.07, 6.45) is 7.25. The van der Waals surface area contributed by atoms with Gasteiger partial charge in [-0.25, -0.2) is 0 Å². The van der Waals surface area contributed by atoms with E-state index in [2.05, 4.69) is 10.3 Å². The van der Waals surface area contributed by atoms with E-state index in [4.69, 9.17) is 5.73 Å². The van der Waals surface area contributed by atoms with Crippen molar-refractivity contribution in [2.24, 2.45) is 5.92 Å². The van der Waals surface area contributed by atoms with Crippen LogP contribution in [0, 0.1) is 5.92 Å². The zero-order valence-electron chi connectivity index (χ0n) is 10.5. The Balaban J connectivity index is 1.68. The lowest BCUT2D eigenvalue weighted by Gasteiger charge is -2.11. The van der Waals surface area contributed by atoms with Gasteiger partial charge in [-0.15, -0.1) is 0 Å². The van der Waals surface area contributed by atoms with Gasteiger partial charge < -0.3 is 11.1 Å². The van der Waals surface area contributed by atoms with E-state index >= 15 is 0 Å². The lowest BCUT2D eigenvalue weighted by molar-refractivity contribution is 0.687. The SMILES string of the molecule is Nc1c(NCCCC2CC2)ccc2ncccc12. The van der Waals surface area contributed by atoms with E-state index in [1.165, 1.54) is 25.7 Å². The predicted molar refractivity (Wildman–Crippen MR) is 76.6 cm³/mol. The molecule has 1 aromatic heterocycles. The molecule has 0 radical (unpaired) electrons. The molecule has 0 atom stereocenters. The molecule has 1 aromatic carbocycles. The number of rotatable bonds is 5. The Morgan fingerprint density at radius 1 is 1.28 bits per heavy atom. The molecular weight excluding hydrogens is 222 g/mol. The summed E-state index contributed by atoms with van der Waals surface area (Å²) < 4.78 is 0. The first-order valence-corrected chi connectivity index (χ1v) is 6.71.